The number of hydrogen-bond donors (Lipinski definition) is 0. The molecule has 0 radical (unpaired) electrons. The van der Waals surface area contributed by atoms with Gasteiger partial charge < -0.3 is 9.47 Å². The van der Waals surface area contributed by atoms with Gasteiger partial charge in [0, 0.05) is 39.1 Å². The Morgan fingerprint density at radius 3 is 1.75 bits per heavy atom. The summed E-state index contributed by atoms with van der Waals surface area (Å²) in [5, 5.41) is 3.80. The van der Waals surface area contributed by atoms with Gasteiger partial charge in [-0.25, -0.2) is 0 Å². The third-order valence-electron chi connectivity index (χ3n) is 9.67. The molecule has 1 heterocycles. The molecule has 0 saturated carbocycles. The van der Waals surface area contributed by atoms with Crippen LogP contribution in [-0.2, 0) is 6.42 Å². The van der Waals surface area contributed by atoms with Gasteiger partial charge in [-0.2, -0.15) is 0 Å². The zero-order valence-electron chi connectivity index (χ0n) is 26.6. The van der Waals surface area contributed by atoms with Crippen LogP contribution in [0.5, 0.6) is 0 Å². The predicted molar refractivity (Wildman–Crippen MR) is 204 cm³/mol. The molecule has 0 unspecified atom stereocenters. The molecular formula is C46H34N2. The van der Waals surface area contributed by atoms with E-state index >= 15 is 0 Å². The first-order valence-electron chi connectivity index (χ1n) is 16.7. The Balaban J connectivity index is 1.00. The van der Waals surface area contributed by atoms with Crippen LogP contribution in [0, 0.1) is 0 Å². The zero-order valence-corrected chi connectivity index (χ0v) is 26.6. The SMILES string of the molecule is C1=Cc2c(n(-c3ccc(-c4ccc(-c5ccc(N(c6ccccc6)c6cccc7ccccc67)cc5)cc4)cc3)c3ccccc23)CC1. The first-order chi connectivity index (χ1) is 23.8. The van der Waals surface area contributed by atoms with E-state index in [9.17, 15) is 0 Å². The second-order valence-electron chi connectivity index (χ2n) is 12.5. The average molecular weight is 615 g/mol. The molecule has 2 nitrogen and oxygen atoms in total. The zero-order chi connectivity index (χ0) is 31.9. The molecule has 9 rings (SSSR count). The number of hydrogen-bond acceptors (Lipinski definition) is 1. The summed E-state index contributed by atoms with van der Waals surface area (Å²) in [5.41, 5.74) is 13.6. The third kappa shape index (κ3) is 4.90. The Morgan fingerprint density at radius 2 is 1.02 bits per heavy atom. The monoisotopic (exact) mass is 614 g/mol. The molecule has 48 heavy (non-hydrogen) atoms. The van der Waals surface area contributed by atoms with E-state index in [1.165, 1.54) is 66.6 Å². The second-order valence-corrected chi connectivity index (χ2v) is 12.5. The van der Waals surface area contributed by atoms with Crippen molar-refractivity contribution in [3.8, 4) is 27.9 Å². The highest BCUT2D eigenvalue weighted by atomic mass is 15.1. The van der Waals surface area contributed by atoms with Crippen molar-refractivity contribution in [2.45, 2.75) is 12.8 Å². The van der Waals surface area contributed by atoms with E-state index in [0.717, 1.165) is 24.2 Å². The second kappa shape index (κ2) is 11.9. The van der Waals surface area contributed by atoms with Gasteiger partial charge in [-0.05, 0) is 89.0 Å². The largest absolute Gasteiger partial charge is 0.313 e. The highest BCUT2D eigenvalue weighted by molar-refractivity contribution is 5.99. The third-order valence-corrected chi connectivity index (χ3v) is 9.67. The molecule has 0 spiro atoms. The van der Waals surface area contributed by atoms with Gasteiger partial charge in [-0.1, -0.05) is 133 Å². The maximum atomic E-state index is 2.45. The van der Waals surface area contributed by atoms with Crippen LogP contribution >= 0.6 is 0 Å². The smallest absolute Gasteiger partial charge is 0.0540 e. The Bertz CT molecular complexity index is 2410. The van der Waals surface area contributed by atoms with Crippen molar-refractivity contribution in [2.24, 2.45) is 0 Å². The van der Waals surface area contributed by atoms with Crippen LogP contribution in [0.2, 0.25) is 0 Å². The maximum Gasteiger partial charge on any atom is 0.0540 e. The van der Waals surface area contributed by atoms with Gasteiger partial charge in [0.25, 0.3) is 0 Å². The van der Waals surface area contributed by atoms with Gasteiger partial charge in [0.1, 0.15) is 0 Å². The standard InChI is InChI=1S/C46H34N2/c1-2-13-38(14-3-1)47(44-20-10-12-37-11-4-5-15-41(37)44)39-29-25-35(26-30-39)33-21-23-34(24-22-33)36-27-31-40(32-28-36)48-45-18-8-6-16-42(45)43-17-7-9-19-46(43)48/h1-8,10-18,20-32H,9,19H2. The Morgan fingerprint density at radius 1 is 0.458 bits per heavy atom. The van der Waals surface area contributed by atoms with Crippen molar-refractivity contribution in [2.75, 3.05) is 4.90 Å². The van der Waals surface area contributed by atoms with Crippen LogP contribution < -0.4 is 4.90 Å². The summed E-state index contributed by atoms with van der Waals surface area (Å²) < 4.78 is 2.45. The molecule has 1 aliphatic rings. The molecule has 0 saturated heterocycles. The van der Waals surface area contributed by atoms with Crippen molar-refractivity contribution in [3.63, 3.8) is 0 Å². The first-order valence-corrected chi connectivity index (χ1v) is 16.7. The lowest BCUT2D eigenvalue weighted by Gasteiger charge is -2.27. The van der Waals surface area contributed by atoms with Gasteiger partial charge >= 0.3 is 0 Å². The van der Waals surface area contributed by atoms with Gasteiger partial charge in [0.05, 0.1) is 11.2 Å². The molecule has 0 fully saturated rings. The molecule has 2 heteroatoms. The van der Waals surface area contributed by atoms with Gasteiger partial charge in [0.2, 0.25) is 0 Å². The molecule has 228 valence electrons. The molecule has 1 aliphatic carbocycles. The number of para-hydroxylation sites is 2. The van der Waals surface area contributed by atoms with Crippen LogP contribution in [-0.4, -0.2) is 4.57 Å². The molecule has 0 atom stereocenters. The fraction of sp³-hybridized carbons (Fsp3) is 0.0435. The summed E-state index contributed by atoms with van der Waals surface area (Å²) in [6.45, 7) is 0. The van der Waals surface area contributed by atoms with E-state index in [-0.39, 0.29) is 0 Å². The fourth-order valence-electron chi connectivity index (χ4n) is 7.33. The number of allylic oxidation sites excluding steroid dienone is 1. The number of rotatable bonds is 6. The summed E-state index contributed by atoms with van der Waals surface area (Å²) in [5.74, 6) is 0. The van der Waals surface area contributed by atoms with E-state index in [0.29, 0.717) is 0 Å². The van der Waals surface area contributed by atoms with Crippen molar-refractivity contribution in [1.82, 2.24) is 4.57 Å². The van der Waals surface area contributed by atoms with E-state index in [4.69, 9.17) is 0 Å². The highest BCUT2D eigenvalue weighted by Crippen LogP contribution is 2.40. The van der Waals surface area contributed by atoms with Crippen molar-refractivity contribution >= 4 is 44.8 Å². The summed E-state index contributed by atoms with van der Waals surface area (Å²) in [4.78, 5) is 2.35. The molecule has 1 aromatic heterocycles. The number of fused-ring (bicyclic) bond motifs is 4. The summed E-state index contributed by atoms with van der Waals surface area (Å²) >= 11 is 0. The highest BCUT2D eigenvalue weighted by Gasteiger charge is 2.18. The van der Waals surface area contributed by atoms with Crippen LogP contribution in [0.25, 0.3) is 55.7 Å². The number of anilines is 3. The lowest BCUT2D eigenvalue weighted by molar-refractivity contribution is 0.888. The molecule has 8 aromatic rings. The lowest BCUT2D eigenvalue weighted by atomic mass is 9.99. The normalized spacial score (nSPS) is 12.3. The Kier molecular flexibility index (Phi) is 6.98. The predicted octanol–water partition coefficient (Wildman–Crippen LogP) is 12.5. The average Bonchev–Trinajstić information content (AvgIpc) is 3.50. The topological polar surface area (TPSA) is 8.17 Å². The minimum Gasteiger partial charge on any atom is -0.313 e. The van der Waals surface area contributed by atoms with Crippen LogP contribution in [0.15, 0.2) is 176 Å². The minimum atomic E-state index is 1.07. The molecule has 0 aliphatic heterocycles. The molecule has 0 amide bonds. The minimum absolute atomic E-state index is 1.07. The van der Waals surface area contributed by atoms with Gasteiger partial charge in [-0.3, -0.25) is 0 Å². The van der Waals surface area contributed by atoms with Crippen molar-refractivity contribution < 1.29 is 0 Å². The van der Waals surface area contributed by atoms with Crippen LogP contribution in [0.1, 0.15) is 17.7 Å². The molecule has 0 N–H and O–H groups in total. The quantitative estimate of drug-likeness (QED) is 0.181. The van der Waals surface area contributed by atoms with E-state index < -0.39 is 0 Å². The van der Waals surface area contributed by atoms with Gasteiger partial charge in [-0.15, -0.1) is 0 Å². The molecule has 7 aromatic carbocycles. The Labute approximate surface area is 281 Å². The van der Waals surface area contributed by atoms with Crippen molar-refractivity contribution in [3.05, 3.63) is 187 Å². The van der Waals surface area contributed by atoms with Gasteiger partial charge in [0.15, 0.2) is 0 Å². The van der Waals surface area contributed by atoms with Crippen molar-refractivity contribution in [1.29, 1.82) is 0 Å². The first kappa shape index (κ1) is 28.1. The van der Waals surface area contributed by atoms with Crippen LogP contribution in [0.4, 0.5) is 17.1 Å². The summed E-state index contributed by atoms with van der Waals surface area (Å²) in [6.07, 6.45) is 6.75. The number of benzene rings is 7. The van der Waals surface area contributed by atoms with Crippen LogP contribution in [0.3, 0.4) is 0 Å². The van der Waals surface area contributed by atoms with E-state index in [2.05, 4.69) is 191 Å². The molecular weight excluding hydrogens is 581 g/mol. The van der Waals surface area contributed by atoms with E-state index in [1.807, 2.05) is 0 Å². The maximum absolute atomic E-state index is 2.45. The molecule has 0 bridgehead atoms. The number of aromatic nitrogens is 1. The van der Waals surface area contributed by atoms with E-state index in [1.54, 1.807) is 0 Å². The number of nitrogens with zero attached hydrogens (tertiary/aromatic N) is 2. The summed E-state index contributed by atoms with van der Waals surface area (Å²) in [6, 6.07) is 61.4. The summed E-state index contributed by atoms with van der Waals surface area (Å²) in [7, 11) is 0. The Hall–Kier alpha value is -6.12. The fourth-order valence-corrected chi connectivity index (χ4v) is 7.33. The lowest BCUT2D eigenvalue weighted by Crippen LogP contribution is -2.10.